The second kappa shape index (κ2) is 7.47. The monoisotopic (exact) mass is 286 g/mol. The van der Waals surface area contributed by atoms with Crippen LogP contribution in [0.2, 0.25) is 0 Å². The first-order valence-corrected chi connectivity index (χ1v) is 7.20. The molecule has 1 aromatic heterocycles. The lowest BCUT2D eigenvalue weighted by Crippen LogP contribution is -2.13. The van der Waals surface area contributed by atoms with Crippen LogP contribution in [0.15, 0.2) is 30.3 Å². The summed E-state index contributed by atoms with van der Waals surface area (Å²) >= 11 is 0. The van der Waals surface area contributed by atoms with E-state index < -0.39 is 0 Å². The Kier molecular flexibility index (Phi) is 5.37. The molecular formula is C16H22N4O. The Bertz CT molecular complexity index is 586. The van der Waals surface area contributed by atoms with Crippen molar-refractivity contribution in [2.45, 2.75) is 20.8 Å². The van der Waals surface area contributed by atoms with E-state index in [2.05, 4.69) is 33.6 Å². The zero-order valence-corrected chi connectivity index (χ0v) is 12.8. The van der Waals surface area contributed by atoms with E-state index in [0.29, 0.717) is 13.2 Å². The molecule has 21 heavy (non-hydrogen) atoms. The van der Waals surface area contributed by atoms with Gasteiger partial charge in [0, 0.05) is 12.6 Å². The zero-order chi connectivity index (χ0) is 15.1. The summed E-state index contributed by atoms with van der Waals surface area (Å²) in [6.07, 6.45) is 0. The fourth-order valence-electron chi connectivity index (χ4n) is 1.98. The van der Waals surface area contributed by atoms with Crippen molar-refractivity contribution in [2.24, 2.45) is 0 Å². The van der Waals surface area contributed by atoms with Gasteiger partial charge in [-0.15, -0.1) is 0 Å². The summed E-state index contributed by atoms with van der Waals surface area (Å²) in [4.78, 5) is 8.67. The van der Waals surface area contributed by atoms with Crippen molar-refractivity contribution in [1.82, 2.24) is 9.97 Å². The van der Waals surface area contributed by atoms with Crippen LogP contribution in [0.1, 0.15) is 18.3 Å². The summed E-state index contributed by atoms with van der Waals surface area (Å²) in [5.74, 6) is 3.29. The number of rotatable bonds is 7. The lowest BCUT2D eigenvalue weighted by molar-refractivity contribution is 0.332. The molecule has 2 N–H and O–H groups in total. The Labute approximate surface area is 125 Å². The minimum Gasteiger partial charge on any atom is -0.492 e. The highest BCUT2D eigenvalue weighted by molar-refractivity contribution is 5.47. The van der Waals surface area contributed by atoms with E-state index in [9.17, 15) is 0 Å². The quantitative estimate of drug-likeness (QED) is 0.766. The summed E-state index contributed by atoms with van der Waals surface area (Å²) in [7, 11) is 0. The van der Waals surface area contributed by atoms with Gasteiger partial charge in [-0.25, -0.2) is 9.97 Å². The number of aromatic nitrogens is 2. The van der Waals surface area contributed by atoms with E-state index in [1.807, 2.05) is 38.1 Å². The number of anilines is 2. The Morgan fingerprint density at radius 3 is 2.52 bits per heavy atom. The molecule has 0 amide bonds. The van der Waals surface area contributed by atoms with Crippen molar-refractivity contribution in [3.63, 3.8) is 0 Å². The smallest absolute Gasteiger partial charge is 0.131 e. The van der Waals surface area contributed by atoms with E-state index in [1.165, 1.54) is 5.56 Å². The van der Waals surface area contributed by atoms with Crippen LogP contribution >= 0.6 is 0 Å². The summed E-state index contributed by atoms with van der Waals surface area (Å²) in [6, 6.07) is 9.94. The lowest BCUT2D eigenvalue weighted by Gasteiger charge is -2.10. The molecule has 0 atom stereocenters. The third-order valence-electron chi connectivity index (χ3n) is 2.86. The van der Waals surface area contributed by atoms with E-state index in [1.54, 1.807) is 0 Å². The van der Waals surface area contributed by atoms with Crippen molar-refractivity contribution < 1.29 is 4.74 Å². The van der Waals surface area contributed by atoms with Gasteiger partial charge in [-0.2, -0.15) is 0 Å². The van der Waals surface area contributed by atoms with E-state index in [0.717, 1.165) is 29.8 Å². The first-order valence-electron chi connectivity index (χ1n) is 7.20. The summed E-state index contributed by atoms with van der Waals surface area (Å²) in [6.45, 7) is 8.10. The van der Waals surface area contributed by atoms with Gasteiger partial charge in [0.05, 0.1) is 6.54 Å². The van der Waals surface area contributed by atoms with Crippen molar-refractivity contribution >= 4 is 11.6 Å². The van der Waals surface area contributed by atoms with Crippen molar-refractivity contribution in [3.05, 3.63) is 41.7 Å². The van der Waals surface area contributed by atoms with Crippen LogP contribution in [0.5, 0.6) is 5.75 Å². The van der Waals surface area contributed by atoms with Gasteiger partial charge < -0.3 is 15.4 Å². The van der Waals surface area contributed by atoms with Crippen LogP contribution < -0.4 is 15.4 Å². The molecule has 112 valence electrons. The standard InChI is InChI=1S/C16H22N4O/c1-4-17-15-11-16(20-13(3)19-15)18-8-9-21-14-7-5-6-12(2)10-14/h5-7,10-11H,4,8-9H2,1-3H3,(H2,17,18,19,20). The van der Waals surface area contributed by atoms with Gasteiger partial charge in [-0.3, -0.25) is 0 Å². The SMILES string of the molecule is CCNc1cc(NCCOc2cccc(C)c2)nc(C)n1. The predicted octanol–water partition coefficient (Wildman–Crippen LogP) is 3.02. The second-order valence-electron chi connectivity index (χ2n) is 4.81. The van der Waals surface area contributed by atoms with Crippen LogP contribution in [-0.4, -0.2) is 29.7 Å². The van der Waals surface area contributed by atoms with Gasteiger partial charge in [0.15, 0.2) is 0 Å². The largest absolute Gasteiger partial charge is 0.492 e. The Morgan fingerprint density at radius 1 is 1.05 bits per heavy atom. The Morgan fingerprint density at radius 2 is 1.81 bits per heavy atom. The maximum absolute atomic E-state index is 5.70. The molecule has 0 aliphatic heterocycles. The highest BCUT2D eigenvalue weighted by Gasteiger charge is 2.01. The molecule has 0 unspecified atom stereocenters. The number of nitrogens with zero attached hydrogens (tertiary/aromatic N) is 2. The van der Waals surface area contributed by atoms with Gasteiger partial charge in [0.2, 0.25) is 0 Å². The minimum atomic E-state index is 0.586. The summed E-state index contributed by atoms with van der Waals surface area (Å²) in [5.41, 5.74) is 1.20. The number of hydrogen-bond acceptors (Lipinski definition) is 5. The second-order valence-corrected chi connectivity index (χ2v) is 4.81. The first-order chi connectivity index (χ1) is 10.2. The van der Waals surface area contributed by atoms with Crippen molar-refractivity contribution in [2.75, 3.05) is 30.3 Å². The molecule has 5 heteroatoms. The summed E-state index contributed by atoms with van der Waals surface area (Å²) in [5, 5.41) is 6.44. The lowest BCUT2D eigenvalue weighted by atomic mass is 10.2. The number of nitrogens with one attached hydrogen (secondary N) is 2. The maximum atomic E-state index is 5.70. The minimum absolute atomic E-state index is 0.586. The fraction of sp³-hybridized carbons (Fsp3) is 0.375. The molecule has 0 fully saturated rings. The van der Waals surface area contributed by atoms with Gasteiger partial charge in [0.1, 0.15) is 29.8 Å². The molecule has 2 aromatic rings. The van der Waals surface area contributed by atoms with Gasteiger partial charge in [-0.1, -0.05) is 12.1 Å². The number of hydrogen-bond donors (Lipinski definition) is 2. The average molecular weight is 286 g/mol. The van der Waals surface area contributed by atoms with Crippen molar-refractivity contribution in [3.8, 4) is 5.75 Å². The van der Waals surface area contributed by atoms with Crippen LogP contribution in [0.3, 0.4) is 0 Å². The van der Waals surface area contributed by atoms with Crippen LogP contribution in [0.4, 0.5) is 11.6 Å². The molecule has 0 aliphatic rings. The molecule has 5 nitrogen and oxygen atoms in total. The van der Waals surface area contributed by atoms with Crippen LogP contribution in [0.25, 0.3) is 0 Å². The van der Waals surface area contributed by atoms with E-state index in [-0.39, 0.29) is 0 Å². The fourth-order valence-corrected chi connectivity index (χ4v) is 1.98. The molecule has 1 heterocycles. The van der Waals surface area contributed by atoms with E-state index in [4.69, 9.17) is 4.74 Å². The molecule has 0 radical (unpaired) electrons. The topological polar surface area (TPSA) is 59.1 Å². The van der Waals surface area contributed by atoms with Gasteiger partial charge in [0.25, 0.3) is 0 Å². The van der Waals surface area contributed by atoms with Crippen LogP contribution in [0, 0.1) is 13.8 Å². The molecule has 0 bridgehead atoms. The number of ether oxygens (including phenoxy) is 1. The Hall–Kier alpha value is -2.30. The molecule has 0 saturated carbocycles. The van der Waals surface area contributed by atoms with Gasteiger partial charge >= 0.3 is 0 Å². The predicted molar refractivity (Wildman–Crippen MR) is 86.1 cm³/mol. The highest BCUT2D eigenvalue weighted by Crippen LogP contribution is 2.13. The maximum Gasteiger partial charge on any atom is 0.131 e. The molecule has 0 spiro atoms. The normalized spacial score (nSPS) is 10.2. The average Bonchev–Trinajstić information content (AvgIpc) is 2.43. The van der Waals surface area contributed by atoms with Gasteiger partial charge in [-0.05, 0) is 38.5 Å². The first kappa shape index (κ1) is 15.1. The number of aryl methyl sites for hydroxylation is 2. The Balaban J connectivity index is 1.83. The van der Waals surface area contributed by atoms with E-state index >= 15 is 0 Å². The number of benzene rings is 1. The van der Waals surface area contributed by atoms with Crippen LogP contribution in [-0.2, 0) is 0 Å². The zero-order valence-electron chi connectivity index (χ0n) is 12.8. The molecule has 2 rings (SSSR count). The molecule has 0 aliphatic carbocycles. The van der Waals surface area contributed by atoms with Crippen molar-refractivity contribution in [1.29, 1.82) is 0 Å². The summed E-state index contributed by atoms with van der Waals surface area (Å²) < 4.78 is 5.70. The third kappa shape index (κ3) is 4.95. The third-order valence-corrected chi connectivity index (χ3v) is 2.86. The molecular weight excluding hydrogens is 264 g/mol. The molecule has 1 aromatic carbocycles. The highest BCUT2D eigenvalue weighted by atomic mass is 16.5. The molecule has 0 saturated heterocycles.